The van der Waals surface area contributed by atoms with Crippen molar-refractivity contribution >= 4 is 23.6 Å². The number of nitrogens with zero attached hydrogens (tertiary/aromatic N) is 2. The van der Waals surface area contributed by atoms with Gasteiger partial charge in [-0.25, -0.2) is 9.18 Å². The Balaban J connectivity index is 2.13. The van der Waals surface area contributed by atoms with Crippen LogP contribution in [-0.2, 0) is 12.4 Å². The van der Waals surface area contributed by atoms with Crippen LogP contribution in [0.2, 0.25) is 0 Å². The summed E-state index contributed by atoms with van der Waals surface area (Å²) in [6.07, 6.45) is -10.1. The molecule has 0 aromatic heterocycles. The molecule has 3 N–H and O–H groups in total. The van der Waals surface area contributed by atoms with E-state index in [0.717, 1.165) is 23.2 Å². The van der Waals surface area contributed by atoms with Crippen molar-refractivity contribution in [2.45, 2.75) is 44.3 Å². The van der Waals surface area contributed by atoms with Crippen molar-refractivity contribution in [3.63, 3.8) is 0 Å². The number of likely N-dealkylation sites (N-methyl/N-ethyl adjacent to an activating group) is 1. The van der Waals surface area contributed by atoms with Crippen molar-refractivity contribution in [2.24, 2.45) is 0 Å². The number of likely N-dealkylation sites (tertiary alicyclic amines) is 1. The zero-order valence-corrected chi connectivity index (χ0v) is 22.3. The van der Waals surface area contributed by atoms with Gasteiger partial charge in [0.15, 0.2) is 5.75 Å². The molecule has 3 rings (SSSR count). The minimum absolute atomic E-state index is 0.0627. The zero-order chi connectivity index (χ0) is 30.8. The third kappa shape index (κ3) is 7.76. The van der Waals surface area contributed by atoms with E-state index in [2.05, 4.69) is 5.32 Å². The Bertz CT molecular complexity index is 1290. The molecule has 1 fully saturated rings. The molecule has 1 atom stereocenters. The number of carbonyl (C=O) groups excluding carboxylic acids is 1. The number of alkyl halides is 6. The third-order valence-corrected chi connectivity index (χ3v) is 6.41. The van der Waals surface area contributed by atoms with Gasteiger partial charge in [-0.1, -0.05) is 0 Å². The van der Waals surface area contributed by atoms with Crippen molar-refractivity contribution < 1.29 is 45.4 Å². The molecule has 41 heavy (non-hydrogen) atoms. The summed E-state index contributed by atoms with van der Waals surface area (Å²) in [7, 11) is 1.77. The van der Waals surface area contributed by atoms with E-state index in [9.17, 15) is 40.6 Å². The van der Waals surface area contributed by atoms with Gasteiger partial charge in [-0.2, -0.15) is 26.3 Å². The Hall–Kier alpha value is -3.65. The van der Waals surface area contributed by atoms with E-state index >= 15 is 0 Å². The standard InChI is InChI=1S/C27H29F7N4O3/c1-16(2)38(20-6-4-19(28)5-7-20)24(39)41-23-21(10-18(26(29,30)31)11-22(23)27(32,33)34)17(12-35)13-36-14-25(40)8-9-37(3)15-25/h4-7,10-13,16,35-36,40H,8-9,14-15H2,1-3H3/b17-13+,35-12?. The van der Waals surface area contributed by atoms with Gasteiger partial charge < -0.3 is 25.5 Å². The van der Waals surface area contributed by atoms with E-state index in [1.54, 1.807) is 7.05 Å². The number of hydrogen-bond acceptors (Lipinski definition) is 6. The number of allylic oxidation sites excluding steroid dienone is 1. The molecule has 224 valence electrons. The smallest absolute Gasteiger partial charge is 0.409 e. The first-order valence-corrected chi connectivity index (χ1v) is 12.4. The summed E-state index contributed by atoms with van der Waals surface area (Å²) in [6, 6.07) is 3.87. The minimum atomic E-state index is -5.39. The molecule has 1 aliphatic heterocycles. The lowest BCUT2D eigenvalue weighted by molar-refractivity contribution is -0.143. The average Bonchev–Trinajstić information content (AvgIpc) is 3.20. The summed E-state index contributed by atoms with van der Waals surface area (Å²) in [5.74, 6) is -1.89. The Kier molecular flexibility index (Phi) is 9.38. The van der Waals surface area contributed by atoms with Gasteiger partial charge in [-0.3, -0.25) is 4.90 Å². The van der Waals surface area contributed by atoms with Gasteiger partial charge in [0, 0.05) is 54.9 Å². The van der Waals surface area contributed by atoms with Gasteiger partial charge in [-0.15, -0.1) is 0 Å². The number of nitrogens with one attached hydrogen (secondary N) is 2. The summed E-state index contributed by atoms with van der Waals surface area (Å²) in [6.45, 7) is 3.73. The maximum absolute atomic E-state index is 14.1. The van der Waals surface area contributed by atoms with Crippen LogP contribution >= 0.6 is 0 Å². The summed E-state index contributed by atoms with van der Waals surface area (Å²) >= 11 is 0. The number of aliphatic hydroxyl groups is 1. The summed E-state index contributed by atoms with van der Waals surface area (Å²) in [4.78, 5) is 16.0. The van der Waals surface area contributed by atoms with E-state index in [1.807, 2.05) is 4.90 Å². The van der Waals surface area contributed by atoms with E-state index in [1.165, 1.54) is 26.0 Å². The van der Waals surface area contributed by atoms with Crippen molar-refractivity contribution in [3.8, 4) is 5.75 Å². The monoisotopic (exact) mass is 590 g/mol. The van der Waals surface area contributed by atoms with E-state index in [-0.39, 0.29) is 24.8 Å². The SMILES string of the molecule is CC(C)N(C(=O)Oc1c(/C(C=N)=C/NCC2(O)CCN(C)C2)cc(C(F)(F)F)cc1C(F)(F)F)c1ccc(F)cc1. The lowest BCUT2D eigenvalue weighted by atomic mass is 9.97. The molecule has 1 aliphatic rings. The first-order chi connectivity index (χ1) is 18.9. The first kappa shape index (κ1) is 31.9. The van der Waals surface area contributed by atoms with Crippen molar-refractivity contribution in [1.82, 2.24) is 10.2 Å². The van der Waals surface area contributed by atoms with Gasteiger partial charge in [0.2, 0.25) is 0 Å². The largest absolute Gasteiger partial charge is 0.420 e. The van der Waals surface area contributed by atoms with E-state index < -0.39 is 63.9 Å². The van der Waals surface area contributed by atoms with Crippen molar-refractivity contribution in [3.05, 3.63) is 65.1 Å². The van der Waals surface area contributed by atoms with Crippen LogP contribution in [0, 0.1) is 11.2 Å². The topological polar surface area (TPSA) is 88.9 Å². The zero-order valence-electron chi connectivity index (χ0n) is 22.3. The Labute approximate surface area is 231 Å². The highest BCUT2D eigenvalue weighted by Gasteiger charge is 2.42. The molecular weight excluding hydrogens is 561 g/mol. The quantitative estimate of drug-likeness (QED) is 0.262. The van der Waals surface area contributed by atoms with Crippen LogP contribution in [0.25, 0.3) is 5.57 Å². The lowest BCUT2D eigenvalue weighted by Gasteiger charge is -2.27. The molecule has 1 amide bonds. The van der Waals surface area contributed by atoms with Gasteiger partial charge in [0.05, 0.1) is 16.7 Å². The minimum Gasteiger partial charge on any atom is -0.409 e. The number of β-amino-alcohol motifs (C(OH)–C–C–N with tert-alkyl or cyclic N) is 1. The van der Waals surface area contributed by atoms with E-state index in [4.69, 9.17) is 10.1 Å². The molecule has 0 radical (unpaired) electrons. The van der Waals surface area contributed by atoms with E-state index in [0.29, 0.717) is 25.2 Å². The second-order valence-electron chi connectivity index (χ2n) is 10.0. The van der Waals surface area contributed by atoms with Gasteiger partial charge in [0.25, 0.3) is 0 Å². The molecule has 0 bridgehead atoms. The predicted octanol–water partition coefficient (Wildman–Crippen LogP) is 5.92. The number of hydrogen-bond donors (Lipinski definition) is 3. The summed E-state index contributed by atoms with van der Waals surface area (Å²) < 4.78 is 102. The number of rotatable bonds is 8. The molecule has 1 heterocycles. The number of amides is 1. The molecule has 0 saturated carbocycles. The second kappa shape index (κ2) is 12.1. The molecule has 2 aromatic carbocycles. The van der Waals surface area contributed by atoms with Gasteiger partial charge in [0.1, 0.15) is 5.82 Å². The fourth-order valence-electron chi connectivity index (χ4n) is 4.43. The number of ether oxygens (including phenoxy) is 1. The Morgan fingerprint density at radius 2 is 1.80 bits per heavy atom. The number of benzene rings is 2. The van der Waals surface area contributed by atoms with Crippen LogP contribution in [0.15, 0.2) is 42.6 Å². The van der Waals surface area contributed by atoms with Gasteiger partial charge in [-0.05, 0) is 63.7 Å². The first-order valence-electron chi connectivity index (χ1n) is 12.4. The number of anilines is 1. The number of halogens is 7. The predicted molar refractivity (Wildman–Crippen MR) is 138 cm³/mol. The fourth-order valence-corrected chi connectivity index (χ4v) is 4.43. The summed E-state index contributed by atoms with van der Waals surface area (Å²) in [5, 5.41) is 21.1. The van der Waals surface area contributed by atoms with Gasteiger partial charge >= 0.3 is 18.4 Å². The van der Waals surface area contributed by atoms with Crippen LogP contribution in [-0.4, -0.2) is 60.6 Å². The molecule has 1 saturated heterocycles. The van der Waals surface area contributed by atoms with Crippen molar-refractivity contribution in [2.75, 3.05) is 31.6 Å². The normalized spacial score (nSPS) is 18.5. The van der Waals surface area contributed by atoms with Crippen LogP contribution in [0.5, 0.6) is 5.75 Å². The Morgan fingerprint density at radius 1 is 1.17 bits per heavy atom. The maximum atomic E-state index is 14.1. The highest BCUT2D eigenvalue weighted by molar-refractivity contribution is 6.10. The Morgan fingerprint density at radius 3 is 2.29 bits per heavy atom. The highest BCUT2D eigenvalue weighted by Crippen LogP contribution is 2.44. The molecule has 2 aromatic rings. The molecule has 7 nitrogen and oxygen atoms in total. The van der Waals surface area contributed by atoms with Crippen molar-refractivity contribution in [1.29, 1.82) is 5.41 Å². The lowest BCUT2D eigenvalue weighted by Crippen LogP contribution is -2.41. The third-order valence-electron chi connectivity index (χ3n) is 6.41. The maximum Gasteiger partial charge on any atom is 0.420 e. The van der Waals surface area contributed by atoms with Crippen LogP contribution in [0.4, 0.5) is 41.2 Å². The molecule has 14 heteroatoms. The second-order valence-corrected chi connectivity index (χ2v) is 10.0. The van der Waals surface area contributed by atoms with Crippen LogP contribution in [0.1, 0.15) is 37.0 Å². The molecule has 0 spiro atoms. The average molecular weight is 591 g/mol. The molecule has 0 aliphatic carbocycles. The van der Waals surface area contributed by atoms with Crippen LogP contribution in [0.3, 0.4) is 0 Å². The number of carbonyl (C=O) groups is 1. The molecule has 1 unspecified atom stereocenters. The fraction of sp³-hybridized carbons (Fsp3) is 0.407. The molecular formula is C27H29F7N4O3. The van der Waals surface area contributed by atoms with Crippen LogP contribution < -0.4 is 15.0 Å². The summed E-state index contributed by atoms with van der Waals surface area (Å²) in [5.41, 5.74) is -6.03. The highest BCUT2D eigenvalue weighted by atomic mass is 19.4.